The van der Waals surface area contributed by atoms with Gasteiger partial charge in [-0.15, -0.1) is 0 Å². The Kier molecular flexibility index (Phi) is 3.61. The zero-order valence-electron chi connectivity index (χ0n) is 13.9. The summed E-state index contributed by atoms with van der Waals surface area (Å²) in [5.74, 6) is -0.687. The number of para-hydroxylation sites is 1. The Morgan fingerprint density at radius 2 is 1.64 bits per heavy atom. The van der Waals surface area contributed by atoms with Crippen molar-refractivity contribution < 1.29 is 9.59 Å². The minimum absolute atomic E-state index is 0.183. The van der Waals surface area contributed by atoms with E-state index in [0.717, 1.165) is 5.56 Å². The molecule has 25 heavy (non-hydrogen) atoms. The Balaban J connectivity index is 1.86. The number of hydrogen-bond donors (Lipinski definition) is 0. The molecule has 2 aromatic carbocycles. The van der Waals surface area contributed by atoms with E-state index in [9.17, 15) is 9.59 Å². The summed E-state index contributed by atoms with van der Waals surface area (Å²) in [4.78, 5) is 26.4. The van der Waals surface area contributed by atoms with Crippen molar-refractivity contribution in [3.05, 3.63) is 78.4 Å². The first-order chi connectivity index (χ1) is 12.2. The van der Waals surface area contributed by atoms with Crippen LogP contribution in [0, 0.1) is 5.41 Å². The van der Waals surface area contributed by atoms with Gasteiger partial charge in [-0.2, -0.15) is 10.1 Å². The Bertz CT molecular complexity index is 887. The number of benzene rings is 2. The molecule has 124 valence electrons. The van der Waals surface area contributed by atoms with Gasteiger partial charge in [0.25, 0.3) is 5.91 Å². The third-order valence-electron chi connectivity index (χ3n) is 5.11. The molecule has 0 N–H and O–H groups in total. The second kappa shape index (κ2) is 5.81. The molecule has 1 heterocycles. The van der Waals surface area contributed by atoms with Gasteiger partial charge in [0.2, 0.25) is 0 Å². The van der Waals surface area contributed by atoms with Crippen LogP contribution < -0.4 is 5.01 Å². The molecular formula is C21H18N2O2. The Hall–Kier alpha value is -3.01. The fourth-order valence-corrected chi connectivity index (χ4v) is 3.89. The van der Waals surface area contributed by atoms with Gasteiger partial charge >= 0.3 is 0 Å². The molecule has 0 unspecified atom stereocenters. The number of rotatable bonds is 2. The van der Waals surface area contributed by atoms with Crippen LogP contribution in [-0.2, 0) is 9.59 Å². The Morgan fingerprint density at radius 3 is 2.32 bits per heavy atom. The number of amides is 1. The second-order valence-electron chi connectivity index (χ2n) is 6.41. The second-order valence-corrected chi connectivity index (χ2v) is 6.41. The molecule has 0 aromatic heterocycles. The lowest BCUT2D eigenvalue weighted by molar-refractivity contribution is -0.134. The number of nitrogens with zero attached hydrogens (tertiary/aromatic N) is 2. The zero-order chi connectivity index (χ0) is 17.4. The van der Waals surface area contributed by atoms with E-state index >= 15 is 0 Å². The summed E-state index contributed by atoms with van der Waals surface area (Å²) in [6, 6.07) is 19.0. The molecule has 0 saturated carbocycles. The highest BCUT2D eigenvalue weighted by Crippen LogP contribution is 2.48. The molecular weight excluding hydrogens is 312 g/mol. The van der Waals surface area contributed by atoms with E-state index in [1.54, 1.807) is 6.92 Å². The molecule has 2 atom stereocenters. The van der Waals surface area contributed by atoms with Crippen LogP contribution in [0.25, 0.3) is 0 Å². The van der Waals surface area contributed by atoms with Crippen LogP contribution in [0.2, 0.25) is 0 Å². The van der Waals surface area contributed by atoms with Gasteiger partial charge in [-0.3, -0.25) is 9.59 Å². The fourth-order valence-electron chi connectivity index (χ4n) is 3.89. The quantitative estimate of drug-likeness (QED) is 0.788. The largest absolute Gasteiger partial charge is 0.293 e. The first-order valence-electron chi connectivity index (χ1n) is 8.37. The molecule has 0 bridgehead atoms. The van der Waals surface area contributed by atoms with Crippen LogP contribution in [0.1, 0.15) is 24.8 Å². The van der Waals surface area contributed by atoms with E-state index in [4.69, 9.17) is 0 Å². The van der Waals surface area contributed by atoms with Crippen molar-refractivity contribution in [3.63, 3.8) is 0 Å². The number of hydrazone groups is 1. The van der Waals surface area contributed by atoms with Gasteiger partial charge in [-0.05, 0) is 37.1 Å². The van der Waals surface area contributed by atoms with Crippen LogP contribution in [0.4, 0.5) is 5.69 Å². The van der Waals surface area contributed by atoms with Crippen molar-refractivity contribution in [2.75, 3.05) is 5.01 Å². The molecule has 4 rings (SSSR count). The van der Waals surface area contributed by atoms with Gasteiger partial charge in [0, 0.05) is 5.92 Å². The van der Waals surface area contributed by atoms with E-state index in [2.05, 4.69) is 5.10 Å². The van der Waals surface area contributed by atoms with Crippen molar-refractivity contribution in [2.45, 2.75) is 19.3 Å². The number of carbonyl (C=O) groups excluding carboxylic acids is 2. The normalized spacial score (nSPS) is 25.6. The Morgan fingerprint density at radius 1 is 1.00 bits per heavy atom. The molecule has 0 fully saturated rings. The first kappa shape index (κ1) is 15.5. The minimum Gasteiger partial charge on any atom is -0.293 e. The fraction of sp³-hybridized carbons (Fsp3) is 0.190. The van der Waals surface area contributed by atoms with Crippen LogP contribution in [0.15, 0.2) is 77.9 Å². The number of anilines is 1. The molecule has 4 nitrogen and oxygen atoms in total. The van der Waals surface area contributed by atoms with Gasteiger partial charge in [0.05, 0.1) is 11.4 Å². The van der Waals surface area contributed by atoms with E-state index in [-0.39, 0.29) is 17.6 Å². The monoisotopic (exact) mass is 330 g/mol. The van der Waals surface area contributed by atoms with E-state index < -0.39 is 5.41 Å². The molecule has 1 amide bonds. The lowest BCUT2D eigenvalue weighted by Crippen LogP contribution is -2.50. The molecule has 1 aliphatic heterocycles. The van der Waals surface area contributed by atoms with Crippen LogP contribution in [0.3, 0.4) is 0 Å². The molecule has 0 saturated heterocycles. The first-order valence-corrected chi connectivity index (χ1v) is 8.37. The van der Waals surface area contributed by atoms with E-state index in [1.165, 1.54) is 11.1 Å². The van der Waals surface area contributed by atoms with Gasteiger partial charge < -0.3 is 0 Å². The summed E-state index contributed by atoms with van der Waals surface area (Å²) in [7, 11) is 0. The van der Waals surface area contributed by atoms with Gasteiger partial charge in [0.1, 0.15) is 0 Å². The molecule has 0 radical (unpaired) electrons. The summed E-state index contributed by atoms with van der Waals surface area (Å²) in [6.07, 6.45) is 4.03. The topological polar surface area (TPSA) is 49.7 Å². The van der Waals surface area contributed by atoms with Crippen LogP contribution >= 0.6 is 0 Å². The third-order valence-corrected chi connectivity index (χ3v) is 5.11. The predicted octanol–water partition coefficient (Wildman–Crippen LogP) is 3.71. The summed E-state index contributed by atoms with van der Waals surface area (Å²) in [5, 5.41) is 5.87. The molecule has 4 heteroatoms. The minimum atomic E-state index is -1.24. The number of hydrogen-bond acceptors (Lipinski definition) is 3. The lowest BCUT2D eigenvalue weighted by atomic mass is 9.62. The van der Waals surface area contributed by atoms with Crippen molar-refractivity contribution in [2.24, 2.45) is 10.5 Å². The van der Waals surface area contributed by atoms with Crippen LogP contribution in [0.5, 0.6) is 0 Å². The zero-order valence-corrected chi connectivity index (χ0v) is 13.9. The standard InChI is InChI=1S/C21H18N2O2/c1-15-21(20(25)23(22-15)17-11-6-3-7-12-17)18(13-8-14-19(21)24)16-9-4-2-5-10-16/h2-12,14,18H,13H2,1H3/t18-,21-/m1/s1. The summed E-state index contributed by atoms with van der Waals surface area (Å²) < 4.78 is 0. The predicted molar refractivity (Wildman–Crippen MR) is 97.4 cm³/mol. The van der Waals surface area contributed by atoms with Gasteiger partial charge in [0.15, 0.2) is 11.2 Å². The van der Waals surface area contributed by atoms with E-state index in [0.29, 0.717) is 17.8 Å². The Labute approximate surface area is 146 Å². The maximum atomic E-state index is 13.4. The van der Waals surface area contributed by atoms with Gasteiger partial charge in [-0.25, -0.2) is 0 Å². The summed E-state index contributed by atoms with van der Waals surface area (Å²) >= 11 is 0. The highest BCUT2D eigenvalue weighted by molar-refractivity contribution is 6.34. The summed E-state index contributed by atoms with van der Waals surface area (Å²) in [5.41, 5.74) is 0.979. The lowest BCUT2D eigenvalue weighted by Gasteiger charge is -2.36. The van der Waals surface area contributed by atoms with E-state index in [1.807, 2.05) is 66.7 Å². The maximum absolute atomic E-state index is 13.4. The van der Waals surface area contributed by atoms with Crippen molar-refractivity contribution in [1.82, 2.24) is 0 Å². The number of ketones is 1. The average Bonchev–Trinajstić information content (AvgIpc) is 2.91. The smallest absolute Gasteiger partial charge is 0.267 e. The third kappa shape index (κ3) is 2.18. The summed E-state index contributed by atoms with van der Waals surface area (Å²) in [6.45, 7) is 1.79. The molecule has 1 aliphatic carbocycles. The molecule has 2 aliphatic rings. The van der Waals surface area contributed by atoms with Crippen molar-refractivity contribution >= 4 is 23.1 Å². The average molecular weight is 330 g/mol. The highest BCUT2D eigenvalue weighted by atomic mass is 16.2. The number of carbonyl (C=O) groups is 2. The van der Waals surface area contributed by atoms with Gasteiger partial charge in [-0.1, -0.05) is 54.6 Å². The van der Waals surface area contributed by atoms with Crippen molar-refractivity contribution in [1.29, 1.82) is 0 Å². The molecule has 2 aromatic rings. The van der Waals surface area contributed by atoms with Crippen LogP contribution in [-0.4, -0.2) is 17.4 Å². The highest BCUT2D eigenvalue weighted by Gasteiger charge is 2.60. The SMILES string of the molecule is CC1=NN(c2ccccc2)C(=O)[C@]12C(=O)C=CC[C@@H]2c1ccccc1. The maximum Gasteiger partial charge on any atom is 0.267 e. The molecule has 1 spiro atoms. The number of allylic oxidation sites excluding steroid dienone is 2. The van der Waals surface area contributed by atoms with Crippen molar-refractivity contribution in [3.8, 4) is 0 Å².